The van der Waals surface area contributed by atoms with Crippen molar-refractivity contribution in [1.29, 1.82) is 0 Å². The topological polar surface area (TPSA) is 44.8 Å². The lowest BCUT2D eigenvalue weighted by molar-refractivity contribution is -0.137. The predicted octanol–water partition coefficient (Wildman–Crippen LogP) is 5.89. The van der Waals surface area contributed by atoms with Gasteiger partial charge in [0, 0.05) is 11.6 Å². The van der Waals surface area contributed by atoms with Gasteiger partial charge < -0.3 is 14.2 Å². The number of fused-ring (bicyclic) bond motifs is 3. The van der Waals surface area contributed by atoms with Crippen molar-refractivity contribution >= 4 is 12.0 Å². The molecule has 0 amide bonds. The van der Waals surface area contributed by atoms with Crippen LogP contribution in [0.2, 0.25) is 0 Å². The standard InChI is InChI=1S/C27H32O4/c1-4-31-27(28)14-11-19-15-20-16-24(18-9-12-21(29-2)13-10-18)22-7-5-6-8-23(22)25(20)17-26(19)30-3/h9-15,17,22-24H,4-8,16H2,1-3H3/b14-11+. The molecule has 0 spiro atoms. The number of esters is 1. The Kier molecular flexibility index (Phi) is 6.64. The summed E-state index contributed by atoms with van der Waals surface area (Å²) in [7, 11) is 3.41. The Morgan fingerprint density at radius 1 is 1.03 bits per heavy atom. The molecule has 0 bridgehead atoms. The molecule has 3 atom stereocenters. The zero-order chi connectivity index (χ0) is 21.8. The van der Waals surface area contributed by atoms with E-state index in [0.717, 1.165) is 23.5 Å². The maximum absolute atomic E-state index is 11.8. The fraction of sp³-hybridized carbons (Fsp3) is 0.444. The Labute approximate surface area is 185 Å². The first kappa shape index (κ1) is 21.5. The fourth-order valence-corrected chi connectivity index (χ4v) is 5.47. The van der Waals surface area contributed by atoms with Crippen molar-refractivity contribution < 1.29 is 19.0 Å². The number of methoxy groups -OCH3 is 2. The quantitative estimate of drug-likeness (QED) is 0.431. The molecule has 2 aliphatic carbocycles. The maximum atomic E-state index is 11.8. The van der Waals surface area contributed by atoms with Crippen LogP contribution in [0.3, 0.4) is 0 Å². The third-order valence-corrected chi connectivity index (χ3v) is 6.90. The van der Waals surface area contributed by atoms with Crippen LogP contribution in [0.25, 0.3) is 6.08 Å². The van der Waals surface area contributed by atoms with Gasteiger partial charge in [0.25, 0.3) is 0 Å². The van der Waals surface area contributed by atoms with Crippen molar-refractivity contribution in [3.63, 3.8) is 0 Å². The number of hydrogen-bond acceptors (Lipinski definition) is 4. The van der Waals surface area contributed by atoms with E-state index in [0.29, 0.717) is 24.4 Å². The van der Waals surface area contributed by atoms with Crippen LogP contribution in [-0.4, -0.2) is 26.8 Å². The summed E-state index contributed by atoms with van der Waals surface area (Å²) in [6, 6.07) is 13.0. The molecule has 0 saturated heterocycles. The fourth-order valence-electron chi connectivity index (χ4n) is 5.47. The third kappa shape index (κ3) is 4.48. The number of benzene rings is 2. The molecule has 3 unspecified atom stereocenters. The molecule has 4 rings (SSSR count). The molecule has 1 saturated carbocycles. The van der Waals surface area contributed by atoms with E-state index in [4.69, 9.17) is 14.2 Å². The van der Waals surface area contributed by atoms with Gasteiger partial charge in [0.1, 0.15) is 11.5 Å². The van der Waals surface area contributed by atoms with Gasteiger partial charge in [-0.15, -0.1) is 0 Å². The number of ether oxygens (including phenoxy) is 3. The Bertz CT molecular complexity index is 944. The lowest BCUT2D eigenvalue weighted by atomic mass is 9.61. The highest BCUT2D eigenvalue weighted by molar-refractivity contribution is 5.87. The highest BCUT2D eigenvalue weighted by Gasteiger charge is 2.39. The summed E-state index contributed by atoms with van der Waals surface area (Å²) < 4.78 is 16.1. The molecule has 0 radical (unpaired) electrons. The zero-order valence-corrected chi connectivity index (χ0v) is 18.7. The Balaban J connectivity index is 1.71. The van der Waals surface area contributed by atoms with E-state index in [1.807, 2.05) is 13.0 Å². The van der Waals surface area contributed by atoms with E-state index in [1.54, 1.807) is 14.2 Å². The molecule has 0 aromatic heterocycles. The second-order valence-electron chi connectivity index (χ2n) is 8.52. The Hall–Kier alpha value is -2.75. The minimum absolute atomic E-state index is 0.328. The van der Waals surface area contributed by atoms with Gasteiger partial charge >= 0.3 is 5.97 Å². The summed E-state index contributed by atoms with van der Waals surface area (Å²) in [6.45, 7) is 2.18. The molecule has 0 N–H and O–H groups in total. The van der Waals surface area contributed by atoms with Gasteiger partial charge in [-0.05, 0) is 91.0 Å². The molecule has 164 valence electrons. The van der Waals surface area contributed by atoms with Crippen LogP contribution in [0.5, 0.6) is 11.5 Å². The van der Waals surface area contributed by atoms with E-state index >= 15 is 0 Å². The molecular weight excluding hydrogens is 388 g/mol. The highest BCUT2D eigenvalue weighted by Crippen LogP contribution is 2.52. The van der Waals surface area contributed by atoms with Crippen molar-refractivity contribution in [2.75, 3.05) is 20.8 Å². The van der Waals surface area contributed by atoms with E-state index in [1.165, 1.54) is 48.4 Å². The molecular formula is C27H32O4. The monoisotopic (exact) mass is 420 g/mol. The van der Waals surface area contributed by atoms with E-state index < -0.39 is 0 Å². The predicted molar refractivity (Wildman–Crippen MR) is 123 cm³/mol. The number of hydrogen-bond donors (Lipinski definition) is 0. The van der Waals surface area contributed by atoms with Gasteiger partial charge in [0.15, 0.2) is 0 Å². The third-order valence-electron chi connectivity index (χ3n) is 6.90. The lowest BCUT2D eigenvalue weighted by Crippen LogP contribution is -2.31. The second kappa shape index (κ2) is 9.59. The molecule has 4 heteroatoms. The minimum Gasteiger partial charge on any atom is -0.497 e. The van der Waals surface area contributed by atoms with E-state index in [2.05, 4.69) is 36.4 Å². The van der Waals surface area contributed by atoms with Crippen LogP contribution in [0.1, 0.15) is 66.7 Å². The van der Waals surface area contributed by atoms with Gasteiger partial charge in [0.2, 0.25) is 0 Å². The first-order chi connectivity index (χ1) is 15.1. The molecule has 0 heterocycles. The summed E-state index contributed by atoms with van der Waals surface area (Å²) in [6.07, 6.45) is 9.39. The summed E-state index contributed by atoms with van der Waals surface area (Å²) >= 11 is 0. The van der Waals surface area contributed by atoms with E-state index in [9.17, 15) is 4.79 Å². The van der Waals surface area contributed by atoms with Gasteiger partial charge in [-0.2, -0.15) is 0 Å². The largest absolute Gasteiger partial charge is 0.497 e. The molecule has 4 nitrogen and oxygen atoms in total. The summed E-state index contributed by atoms with van der Waals surface area (Å²) in [5.74, 6) is 3.11. The lowest BCUT2D eigenvalue weighted by Gasteiger charge is -2.43. The first-order valence-corrected chi connectivity index (χ1v) is 11.3. The van der Waals surface area contributed by atoms with Gasteiger partial charge in [0.05, 0.1) is 20.8 Å². The van der Waals surface area contributed by atoms with Crippen LogP contribution in [0.15, 0.2) is 42.5 Å². The number of rotatable bonds is 6. The highest BCUT2D eigenvalue weighted by atomic mass is 16.5. The summed E-state index contributed by atoms with van der Waals surface area (Å²) in [5.41, 5.74) is 5.12. The summed E-state index contributed by atoms with van der Waals surface area (Å²) in [4.78, 5) is 11.8. The van der Waals surface area contributed by atoms with Gasteiger partial charge in [-0.3, -0.25) is 0 Å². The van der Waals surface area contributed by atoms with Crippen LogP contribution in [-0.2, 0) is 16.0 Å². The van der Waals surface area contributed by atoms with Gasteiger partial charge in [-0.1, -0.05) is 25.0 Å². The smallest absolute Gasteiger partial charge is 0.330 e. The molecule has 2 aromatic carbocycles. The van der Waals surface area contributed by atoms with Crippen LogP contribution in [0, 0.1) is 5.92 Å². The number of carbonyl (C=O) groups excluding carboxylic acids is 1. The SMILES string of the molecule is CCOC(=O)/C=C/c1cc2c(cc1OC)C1CCCCC1C(c1ccc(OC)cc1)C2. The average Bonchev–Trinajstić information content (AvgIpc) is 2.82. The van der Waals surface area contributed by atoms with Crippen molar-refractivity contribution in [3.05, 3.63) is 64.7 Å². The molecule has 1 fully saturated rings. The van der Waals surface area contributed by atoms with Crippen LogP contribution < -0.4 is 9.47 Å². The second-order valence-corrected chi connectivity index (χ2v) is 8.52. The maximum Gasteiger partial charge on any atom is 0.330 e. The average molecular weight is 421 g/mol. The van der Waals surface area contributed by atoms with Crippen LogP contribution >= 0.6 is 0 Å². The normalized spacial score (nSPS) is 22.5. The molecule has 2 aliphatic rings. The van der Waals surface area contributed by atoms with Crippen molar-refractivity contribution in [3.8, 4) is 11.5 Å². The first-order valence-electron chi connectivity index (χ1n) is 11.3. The Morgan fingerprint density at radius 2 is 1.81 bits per heavy atom. The van der Waals surface area contributed by atoms with E-state index in [-0.39, 0.29) is 5.97 Å². The van der Waals surface area contributed by atoms with Crippen molar-refractivity contribution in [2.45, 2.75) is 50.9 Å². The van der Waals surface area contributed by atoms with Gasteiger partial charge in [-0.25, -0.2) is 4.79 Å². The Morgan fingerprint density at radius 3 is 2.52 bits per heavy atom. The summed E-state index contributed by atoms with van der Waals surface area (Å²) in [5, 5.41) is 0. The molecule has 2 aromatic rings. The van der Waals surface area contributed by atoms with Crippen molar-refractivity contribution in [2.24, 2.45) is 5.92 Å². The molecule has 31 heavy (non-hydrogen) atoms. The van der Waals surface area contributed by atoms with Crippen molar-refractivity contribution in [1.82, 2.24) is 0 Å². The van der Waals surface area contributed by atoms with Crippen LogP contribution in [0.4, 0.5) is 0 Å². The molecule has 0 aliphatic heterocycles. The number of carbonyl (C=O) groups is 1. The zero-order valence-electron chi connectivity index (χ0n) is 18.7. The minimum atomic E-state index is -0.328.